The van der Waals surface area contributed by atoms with Crippen LogP contribution < -0.4 is 0 Å². The molecule has 0 aliphatic carbocycles. The number of hydrogen-bond acceptors (Lipinski definition) is 5. The smallest absolute Gasteiger partial charge is 0.416 e. The molecule has 1 aliphatic heterocycles. The Hall–Kier alpha value is -2.29. The number of benzene rings is 1. The molecule has 1 heterocycles. The van der Waals surface area contributed by atoms with Gasteiger partial charge in [-0.1, -0.05) is 12.1 Å². The quantitative estimate of drug-likeness (QED) is 0.595. The summed E-state index contributed by atoms with van der Waals surface area (Å²) in [6.07, 6.45) is -3.72. The molecule has 0 unspecified atom stereocenters. The number of imide groups is 1. The van der Waals surface area contributed by atoms with Crippen LogP contribution >= 0.6 is 11.8 Å². The third-order valence-corrected chi connectivity index (χ3v) is 3.95. The van der Waals surface area contributed by atoms with E-state index in [2.05, 4.69) is 0 Å². The molecule has 5 nitrogen and oxygen atoms in total. The van der Waals surface area contributed by atoms with Crippen molar-refractivity contribution in [1.29, 1.82) is 0 Å². The fourth-order valence-electron chi connectivity index (χ4n) is 2.02. The van der Waals surface area contributed by atoms with Gasteiger partial charge < -0.3 is 4.74 Å². The monoisotopic (exact) mass is 373 g/mol. The van der Waals surface area contributed by atoms with Crippen LogP contribution in [0.3, 0.4) is 0 Å². The predicted octanol–water partition coefficient (Wildman–Crippen LogP) is 3.69. The van der Waals surface area contributed by atoms with E-state index < -0.39 is 41.5 Å². The normalized spacial score (nSPS) is 16.9. The summed E-state index contributed by atoms with van der Waals surface area (Å²) in [6.45, 7) is 2.71. The second-order valence-corrected chi connectivity index (χ2v) is 6.42. The number of nitrogens with zero attached hydrogens (tertiary/aromatic N) is 1. The molecule has 2 amide bonds. The second-order valence-electron chi connectivity index (χ2n) is 5.43. The fourth-order valence-corrected chi connectivity index (χ4v) is 2.86. The standard InChI is InChI=1S/C16H14F3NO4S/c1-9(2)24-13(21)8-20-14(22)12(25-15(20)23)7-10-4-3-5-11(6-10)16(17,18)19/h3-7,9H,8H2,1-2H3/b12-7+. The average Bonchev–Trinajstić information content (AvgIpc) is 2.73. The molecule has 0 aromatic heterocycles. The lowest BCUT2D eigenvalue weighted by atomic mass is 10.1. The van der Waals surface area contributed by atoms with E-state index in [4.69, 9.17) is 4.74 Å². The Morgan fingerprint density at radius 2 is 2.00 bits per heavy atom. The van der Waals surface area contributed by atoms with Crippen LogP contribution in [0.5, 0.6) is 0 Å². The van der Waals surface area contributed by atoms with Crippen LogP contribution in [0, 0.1) is 0 Å². The summed E-state index contributed by atoms with van der Waals surface area (Å²) in [4.78, 5) is 36.3. The van der Waals surface area contributed by atoms with Gasteiger partial charge in [-0.25, -0.2) is 0 Å². The number of amides is 2. The van der Waals surface area contributed by atoms with Gasteiger partial charge in [0, 0.05) is 0 Å². The summed E-state index contributed by atoms with van der Waals surface area (Å²) in [5.41, 5.74) is -0.730. The van der Waals surface area contributed by atoms with Gasteiger partial charge in [0.2, 0.25) is 0 Å². The highest BCUT2D eigenvalue weighted by Crippen LogP contribution is 2.34. The molecule has 134 valence electrons. The number of carbonyl (C=O) groups is 3. The number of halogens is 3. The molecule has 1 aromatic carbocycles. The molecule has 25 heavy (non-hydrogen) atoms. The largest absolute Gasteiger partial charge is 0.462 e. The Morgan fingerprint density at radius 3 is 2.60 bits per heavy atom. The highest BCUT2D eigenvalue weighted by Gasteiger charge is 2.37. The van der Waals surface area contributed by atoms with E-state index >= 15 is 0 Å². The zero-order chi connectivity index (χ0) is 18.8. The van der Waals surface area contributed by atoms with Crippen molar-refractivity contribution < 1.29 is 32.3 Å². The molecular weight excluding hydrogens is 359 g/mol. The molecule has 1 aliphatic rings. The number of carbonyl (C=O) groups excluding carboxylic acids is 3. The van der Waals surface area contributed by atoms with Gasteiger partial charge in [0.15, 0.2) is 0 Å². The summed E-state index contributed by atoms with van der Waals surface area (Å²) >= 11 is 0.560. The topological polar surface area (TPSA) is 63.7 Å². The highest BCUT2D eigenvalue weighted by molar-refractivity contribution is 8.18. The van der Waals surface area contributed by atoms with Gasteiger partial charge in [-0.05, 0) is 49.4 Å². The summed E-state index contributed by atoms with van der Waals surface area (Å²) in [6, 6.07) is 4.38. The molecule has 0 saturated carbocycles. The third kappa shape index (κ3) is 4.85. The third-order valence-electron chi connectivity index (χ3n) is 3.04. The molecule has 1 saturated heterocycles. The molecule has 1 fully saturated rings. The van der Waals surface area contributed by atoms with E-state index in [0.29, 0.717) is 16.7 Å². The predicted molar refractivity (Wildman–Crippen MR) is 85.3 cm³/mol. The Balaban J connectivity index is 2.19. The number of esters is 1. The Bertz CT molecular complexity index is 743. The van der Waals surface area contributed by atoms with Crippen LogP contribution in [0.4, 0.5) is 18.0 Å². The maximum atomic E-state index is 12.7. The molecule has 0 radical (unpaired) electrons. The number of thioether (sulfide) groups is 1. The second kappa shape index (κ2) is 7.30. The maximum absolute atomic E-state index is 12.7. The van der Waals surface area contributed by atoms with E-state index in [1.807, 2.05) is 0 Å². The van der Waals surface area contributed by atoms with E-state index in [1.54, 1.807) is 13.8 Å². The van der Waals surface area contributed by atoms with Crippen molar-refractivity contribution in [2.75, 3.05) is 6.54 Å². The fraction of sp³-hybridized carbons (Fsp3) is 0.312. The minimum atomic E-state index is -4.51. The van der Waals surface area contributed by atoms with Crippen LogP contribution in [0.25, 0.3) is 6.08 Å². The number of ether oxygens (including phenoxy) is 1. The first-order valence-electron chi connectivity index (χ1n) is 7.20. The Labute approximate surface area is 145 Å². The van der Waals surface area contributed by atoms with Crippen molar-refractivity contribution in [2.24, 2.45) is 0 Å². The van der Waals surface area contributed by atoms with Crippen molar-refractivity contribution in [2.45, 2.75) is 26.1 Å². The highest BCUT2D eigenvalue weighted by atomic mass is 32.2. The molecule has 0 N–H and O–H groups in total. The van der Waals surface area contributed by atoms with Gasteiger partial charge in [-0.3, -0.25) is 19.3 Å². The van der Waals surface area contributed by atoms with Crippen molar-refractivity contribution in [1.82, 2.24) is 4.90 Å². The minimum Gasteiger partial charge on any atom is -0.462 e. The van der Waals surface area contributed by atoms with Crippen molar-refractivity contribution >= 4 is 35.0 Å². The first kappa shape index (κ1) is 19.0. The van der Waals surface area contributed by atoms with Gasteiger partial charge in [0.1, 0.15) is 6.54 Å². The lowest BCUT2D eigenvalue weighted by Gasteiger charge is -2.13. The zero-order valence-electron chi connectivity index (χ0n) is 13.3. The Kier molecular flexibility index (Phi) is 5.56. The van der Waals surface area contributed by atoms with Gasteiger partial charge in [0.05, 0.1) is 16.6 Å². The Morgan fingerprint density at radius 1 is 1.32 bits per heavy atom. The van der Waals surface area contributed by atoms with Crippen LogP contribution in [-0.4, -0.2) is 34.7 Å². The molecule has 0 atom stereocenters. The summed E-state index contributed by atoms with van der Waals surface area (Å²) in [5, 5.41) is -0.677. The molecule has 0 bridgehead atoms. The first-order valence-corrected chi connectivity index (χ1v) is 8.01. The van der Waals surface area contributed by atoms with Gasteiger partial charge in [-0.15, -0.1) is 0 Å². The molecule has 1 aromatic rings. The van der Waals surface area contributed by atoms with Gasteiger partial charge in [0.25, 0.3) is 11.1 Å². The molecule has 9 heteroatoms. The van der Waals surface area contributed by atoms with E-state index in [-0.39, 0.29) is 10.5 Å². The minimum absolute atomic E-state index is 0.0540. The SMILES string of the molecule is CC(C)OC(=O)CN1C(=O)S/C(=C/c2cccc(C(F)(F)F)c2)C1=O. The number of hydrogen-bond donors (Lipinski definition) is 0. The number of alkyl halides is 3. The summed E-state index contributed by atoms with van der Waals surface area (Å²) < 4.78 is 43.0. The van der Waals surface area contributed by atoms with Crippen molar-refractivity contribution in [3.63, 3.8) is 0 Å². The van der Waals surface area contributed by atoms with E-state index in [9.17, 15) is 27.6 Å². The van der Waals surface area contributed by atoms with Crippen molar-refractivity contribution in [3.05, 3.63) is 40.3 Å². The number of rotatable bonds is 4. The van der Waals surface area contributed by atoms with Crippen LogP contribution in [0.2, 0.25) is 0 Å². The average molecular weight is 373 g/mol. The van der Waals surface area contributed by atoms with Crippen LogP contribution in [0.15, 0.2) is 29.2 Å². The maximum Gasteiger partial charge on any atom is 0.416 e. The van der Waals surface area contributed by atoms with Crippen LogP contribution in [-0.2, 0) is 20.5 Å². The first-order chi connectivity index (χ1) is 11.6. The molecule has 2 rings (SSSR count). The lowest BCUT2D eigenvalue weighted by Crippen LogP contribution is -2.35. The zero-order valence-corrected chi connectivity index (χ0v) is 14.1. The lowest BCUT2D eigenvalue weighted by molar-refractivity contribution is -0.149. The van der Waals surface area contributed by atoms with E-state index in [0.717, 1.165) is 12.1 Å². The molecule has 0 spiro atoms. The molecular formula is C16H14F3NO4S. The summed E-state index contributed by atoms with van der Waals surface area (Å²) in [5.74, 6) is -1.48. The van der Waals surface area contributed by atoms with Gasteiger partial charge >= 0.3 is 12.1 Å². The summed E-state index contributed by atoms with van der Waals surface area (Å²) in [7, 11) is 0. The van der Waals surface area contributed by atoms with E-state index in [1.165, 1.54) is 18.2 Å². The van der Waals surface area contributed by atoms with Crippen molar-refractivity contribution in [3.8, 4) is 0 Å². The van der Waals surface area contributed by atoms with Gasteiger partial charge in [-0.2, -0.15) is 13.2 Å². The van der Waals surface area contributed by atoms with Crippen LogP contribution in [0.1, 0.15) is 25.0 Å².